The minimum absolute atomic E-state index is 0.0912. The Bertz CT molecular complexity index is 482. The first-order valence-corrected chi connectivity index (χ1v) is 6.80. The van der Waals surface area contributed by atoms with Crippen LogP contribution in [0.15, 0.2) is 18.2 Å². The van der Waals surface area contributed by atoms with E-state index in [0.717, 1.165) is 38.5 Å². The Hall–Kier alpha value is -1.75. The van der Waals surface area contributed by atoms with Crippen molar-refractivity contribution in [3.05, 3.63) is 23.8 Å². The van der Waals surface area contributed by atoms with Crippen LogP contribution in [0, 0.1) is 0 Å². The summed E-state index contributed by atoms with van der Waals surface area (Å²) in [5, 5.41) is 0. The van der Waals surface area contributed by atoms with Crippen LogP contribution in [-0.2, 0) is 0 Å². The van der Waals surface area contributed by atoms with Crippen LogP contribution in [0.5, 0.6) is 11.5 Å². The number of hydrogen-bond acceptors (Lipinski definition) is 3. The Balaban J connectivity index is 1.70. The molecule has 2 aliphatic rings. The van der Waals surface area contributed by atoms with Crippen molar-refractivity contribution in [1.82, 2.24) is 4.90 Å². The van der Waals surface area contributed by atoms with Gasteiger partial charge < -0.3 is 19.3 Å². The molecular weight excluding hydrogens is 244 g/mol. The summed E-state index contributed by atoms with van der Waals surface area (Å²) in [5.41, 5.74) is 0.684. The Morgan fingerprint density at radius 2 is 2.00 bits per heavy atom. The maximum atomic E-state index is 12.4. The highest BCUT2D eigenvalue weighted by Crippen LogP contribution is 2.32. The van der Waals surface area contributed by atoms with Gasteiger partial charge in [-0.1, -0.05) is 0 Å². The Labute approximate surface area is 112 Å². The van der Waals surface area contributed by atoms with Gasteiger partial charge in [0.25, 0.3) is 5.91 Å². The Morgan fingerprint density at radius 3 is 2.74 bits per heavy atom. The van der Waals surface area contributed by atoms with Crippen molar-refractivity contribution in [3.8, 4) is 11.5 Å². The molecule has 5 nitrogen and oxygen atoms in total. The topological polar surface area (TPSA) is 43.2 Å². The molecule has 2 heterocycles. The second kappa shape index (κ2) is 5.09. The molecule has 0 aromatic heterocycles. The lowest BCUT2D eigenvalue weighted by atomic mass is 10.1. The highest BCUT2D eigenvalue weighted by molar-refractivity contribution is 5.95. The standard InChI is InChI=1S/C14H18N2O3/c1-2-15-5-7-16(8-6-15)14(17)11-3-4-12-13(9-11)19-10-18-12/h3-4,9H,2,5-8,10H2,1H3/p+1. The molecule has 2 aliphatic heterocycles. The normalized spacial score (nSPS) is 18.7. The number of ether oxygens (including phenoxy) is 2. The van der Waals surface area contributed by atoms with E-state index in [-0.39, 0.29) is 12.7 Å². The third kappa shape index (κ3) is 2.38. The zero-order valence-corrected chi connectivity index (χ0v) is 11.1. The maximum absolute atomic E-state index is 12.4. The number of fused-ring (bicyclic) bond motifs is 1. The number of benzene rings is 1. The molecule has 1 fully saturated rings. The van der Waals surface area contributed by atoms with Gasteiger partial charge in [-0.15, -0.1) is 0 Å². The van der Waals surface area contributed by atoms with Crippen molar-refractivity contribution < 1.29 is 19.2 Å². The molecule has 5 heteroatoms. The number of carbonyl (C=O) groups is 1. The summed E-state index contributed by atoms with van der Waals surface area (Å²) in [7, 11) is 0. The van der Waals surface area contributed by atoms with E-state index in [1.165, 1.54) is 0 Å². The molecule has 1 saturated heterocycles. The lowest BCUT2D eigenvalue weighted by Gasteiger charge is -2.31. The molecule has 1 amide bonds. The maximum Gasteiger partial charge on any atom is 0.254 e. The summed E-state index contributed by atoms with van der Waals surface area (Å²) in [6, 6.07) is 5.40. The van der Waals surface area contributed by atoms with Gasteiger partial charge in [-0.3, -0.25) is 4.79 Å². The molecule has 0 atom stereocenters. The number of carbonyl (C=O) groups excluding carboxylic acids is 1. The van der Waals surface area contributed by atoms with E-state index in [4.69, 9.17) is 9.47 Å². The summed E-state index contributed by atoms with van der Waals surface area (Å²) < 4.78 is 10.6. The highest BCUT2D eigenvalue weighted by atomic mass is 16.7. The van der Waals surface area contributed by atoms with Crippen LogP contribution in [0.1, 0.15) is 17.3 Å². The van der Waals surface area contributed by atoms with Crippen molar-refractivity contribution in [2.45, 2.75) is 6.92 Å². The molecule has 3 rings (SSSR count). The summed E-state index contributed by atoms with van der Waals surface area (Å²) in [6.45, 7) is 7.29. The second-order valence-corrected chi connectivity index (χ2v) is 4.96. The van der Waals surface area contributed by atoms with Crippen LogP contribution >= 0.6 is 0 Å². The molecule has 0 bridgehead atoms. The van der Waals surface area contributed by atoms with Gasteiger partial charge in [-0.05, 0) is 25.1 Å². The van der Waals surface area contributed by atoms with Gasteiger partial charge in [0.1, 0.15) is 0 Å². The molecule has 19 heavy (non-hydrogen) atoms. The first-order chi connectivity index (χ1) is 9.28. The Kier molecular flexibility index (Phi) is 3.29. The van der Waals surface area contributed by atoms with Crippen molar-refractivity contribution >= 4 is 5.91 Å². The fraction of sp³-hybridized carbons (Fsp3) is 0.500. The molecule has 1 aromatic rings. The van der Waals surface area contributed by atoms with Crippen LogP contribution in [0.3, 0.4) is 0 Å². The average Bonchev–Trinajstić information content (AvgIpc) is 2.94. The van der Waals surface area contributed by atoms with Crippen molar-refractivity contribution in [2.75, 3.05) is 39.5 Å². The number of nitrogens with one attached hydrogen (secondary N) is 1. The SMILES string of the molecule is CC[NH+]1CCN(C(=O)c2ccc3c(c2)OCO3)CC1. The first-order valence-electron chi connectivity index (χ1n) is 6.80. The van der Waals surface area contributed by atoms with E-state index in [9.17, 15) is 4.79 Å². The molecule has 102 valence electrons. The van der Waals surface area contributed by atoms with Crippen LogP contribution in [-0.4, -0.2) is 50.3 Å². The summed E-state index contributed by atoms with van der Waals surface area (Å²) in [4.78, 5) is 15.9. The minimum Gasteiger partial charge on any atom is -0.454 e. The van der Waals surface area contributed by atoms with Gasteiger partial charge in [0.05, 0.1) is 32.7 Å². The minimum atomic E-state index is 0.0912. The first kappa shape index (κ1) is 12.3. The molecule has 0 aliphatic carbocycles. The predicted molar refractivity (Wildman–Crippen MR) is 69.7 cm³/mol. The highest BCUT2D eigenvalue weighted by Gasteiger charge is 2.25. The monoisotopic (exact) mass is 263 g/mol. The smallest absolute Gasteiger partial charge is 0.254 e. The van der Waals surface area contributed by atoms with Crippen LogP contribution in [0.2, 0.25) is 0 Å². The van der Waals surface area contributed by atoms with Crippen LogP contribution in [0.25, 0.3) is 0 Å². The molecular formula is C14H19N2O3+. The van der Waals surface area contributed by atoms with Gasteiger partial charge in [0.2, 0.25) is 6.79 Å². The Morgan fingerprint density at radius 1 is 1.26 bits per heavy atom. The number of quaternary nitrogens is 1. The quantitative estimate of drug-likeness (QED) is 0.802. The van der Waals surface area contributed by atoms with Crippen molar-refractivity contribution in [1.29, 1.82) is 0 Å². The zero-order valence-electron chi connectivity index (χ0n) is 11.1. The van der Waals surface area contributed by atoms with E-state index < -0.39 is 0 Å². The van der Waals surface area contributed by atoms with Crippen molar-refractivity contribution in [3.63, 3.8) is 0 Å². The average molecular weight is 263 g/mol. The zero-order chi connectivity index (χ0) is 13.2. The molecule has 0 saturated carbocycles. The fourth-order valence-corrected chi connectivity index (χ4v) is 2.59. The second-order valence-electron chi connectivity index (χ2n) is 4.96. The molecule has 0 spiro atoms. The van der Waals surface area contributed by atoms with Gasteiger partial charge in [-0.2, -0.15) is 0 Å². The number of amides is 1. The van der Waals surface area contributed by atoms with E-state index >= 15 is 0 Å². The van der Waals surface area contributed by atoms with E-state index in [1.54, 1.807) is 11.0 Å². The number of piperazine rings is 1. The lowest BCUT2D eigenvalue weighted by Crippen LogP contribution is -3.14. The van der Waals surface area contributed by atoms with Gasteiger partial charge in [-0.25, -0.2) is 0 Å². The number of nitrogens with zero attached hydrogens (tertiary/aromatic N) is 1. The van der Waals surface area contributed by atoms with Crippen LogP contribution < -0.4 is 14.4 Å². The van der Waals surface area contributed by atoms with Gasteiger partial charge in [0.15, 0.2) is 11.5 Å². The summed E-state index contributed by atoms with van der Waals surface area (Å²) in [5.74, 6) is 1.48. The summed E-state index contributed by atoms with van der Waals surface area (Å²) in [6.07, 6.45) is 0. The van der Waals surface area contributed by atoms with E-state index in [2.05, 4.69) is 6.92 Å². The number of hydrogen-bond donors (Lipinski definition) is 1. The third-order valence-electron chi connectivity index (χ3n) is 3.88. The number of likely N-dealkylation sites (N-methyl/N-ethyl adjacent to an activating group) is 1. The summed E-state index contributed by atoms with van der Waals surface area (Å²) >= 11 is 0. The van der Waals surface area contributed by atoms with Crippen LogP contribution in [0.4, 0.5) is 0 Å². The fourth-order valence-electron chi connectivity index (χ4n) is 2.59. The third-order valence-corrected chi connectivity index (χ3v) is 3.88. The predicted octanol–water partition coefficient (Wildman–Crippen LogP) is -0.224. The van der Waals surface area contributed by atoms with Gasteiger partial charge in [0, 0.05) is 5.56 Å². The van der Waals surface area contributed by atoms with Crippen molar-refractivity contribution in [2.24, 2.45) is 0 Å². The number of rotatable bonds is 2. The largest absolute Gasteiger partial charge is 0.454 e. The molecule has 0 radical (unpaired) electrons. The van der Waals surface area contributed by atoms with Gasteiger partial charge >= 0.3 is 0 Å². The molecule has 1 aromatic carbocycles. The molecule has 0 unspecified atom stereocenters. The van der Waals surface area contributed by atoms with E-state index in [0.29, 0.717) is 11.3 Å². The molecule has 1 N–H and O–H groups in total. The van der Waals surface area contributed by atoms with E-state index in [1.807, 2.05) is 17.0 Å². The lowest BCUT2D eigenvalue weighted by molar-refractivity contribution is -0.902.